The molecule has 90 valence electrons. The summed E-state index contributed by atoms with van der Waals surface area (Å²) in [5, 5.41) is 21.7. The Labute approximate surface area is 90.4 Å². The van der Waals surface area contributed by atoms with Gasteiger partial charge in [-0.15, -0.1) is 0 Å². The van der Waals surface area contributed by atoms with E-state index in [1.165, 1.54) is 0 Å². The first-order valence-electron chi connectivity index (χ1n) is 5.38. The minimum Gasteiger partial charge on any atom is -0.393 e. The Morgan fingerprint density at radius 1 is 1.40 bits per heavy atom. The van der Waals surface area contributed by atoms with Crippen LogP contribution in [-0.2, 0) is 9.47 Å². The van der Waals surface area contributed by atoms with E-state index >= 15 is 0 Å². The van der Waals surface area contributed by atoms with Gasteiger partial charge in [0.1, 0.15) is 0 Å². The molecule has 1 rings (SSSR count). The lowest BCUT2D eigenvalue weighted by molar-refractivity contribution is 0.00657. The minimum absolute atomic E-state index is 0.155. The molecule has 0 bridgehead atoms. The molecule has 5 heteroatoms. The van der Waals surface area contributed by atoms with E-state index < -0.39 is 6.10 Å². The molecule has 1 saturated carbocycles. The summed E-state index contributed by atoms with van der Waals surface area (Å²) in [6, 6.07) is 0.355. The molecule has 3 N–H and O–H groups in total. The molecule has 15 heavy (non-hydrogen) atoms. The van der Waals surface area contributed by atoms with Crippen molar-refractivity contribution in [3.63, 3.8) is 0 Å². The Morgan fingerprint density at radius 3 is 2.73 bits per heavy atom. The Bertz CT molecular complexity index is 162. The highest BCUT2D eigenvalue weighted by Crippen LogP contribution is 2.18. The van der Waals surface area contributed by atoms with Crippen LogP contribution in [0.2, 0.25) is 0 Å². The van der Waals surface area contributed by atoms with Crippen LogP contribution in [0, 0.1) is 0 Å². The summed E-state index contributed by atoms with van der Waals surface area (Å²) in [4.78, 5) is 0. The van der Waals surface area contributed by atoms with Gasteiger partial charge in [0.25, 0.3) is 0 Å². The molecule has 5 nitrogen and oxygen atoms in total. The average molecular weight is 219 g/mol. The molecule has 0 spiro atoms. The molecule has 0 aromatic rings. The molecule has 1 fully saturated rings. The molecule has 1 aliphatic rings. The van der Waals surface area contributed by atoms with Crippen LogP contribution in [0.3, 0.4) is 0 Å². The fourth-order valence-corrected chi connectivity index (χ4v) is 1.48. The average Bonchev–Trinajstić information content (AvgIpc) is 2.18. The Hall–Kier alpha value is -0.200. The summed E-state index contributed by atoms with van der Waals surface area (Å²) in [5.41, 5.74) is 0. The van der Waals surface area contributed by atoms with E-state index in [9.17, 15) is 5.11 Å². The van der Waals surface area contributed by atoms with Crippen molar-refractivity contribution in [3.8, 4) is 0 Å². The monoisotopic (exact) mass is 219 g/mol. The van der Waals surface area contributed by atoms with Crippen molar-refractivity contribution in [1.82, 2.24) is 5.32 Å². The van der Waals surface area contributed by atoms with Gasteiger partial charge < -0.3 is 25.0 Å². The molecule has 0 amide bonds. The first-order valence-corrected chi connectivity index (χ1v) is 5.38. The zero-order chi connectivity index (χ0) is 11.1. The van der Waals surface area contributed by atoms with E-state index in [0.717, 1.165) is 12.8 Å². The molecule has 1 atom stereocenters. The summed E-state index contributed by atoms with van der Waals surface area (Å²) in [6.07, 6.45) is 0.936. The third-order valence-electron chi connectivity index (χ3n) is 2.50. The van der Waals surface area contributed by atoms with Crippen molar-refractivity contribution in [2.75, 3.05) is 33.5 Å². The lowest BCUT2D eigenvalue weighted by Gasteiger charge is -2.32. The van der Waals surface area contributed by atoms with E-state index in [1.54, 1.807) is 7.11 Å². The van der Waals surface area contributed by atoms with Crippen molar-refractivity contribution >= 4 is 0 Å². The number of aliphatic hydroxyl groups excluding tert-OH is 2. The fourth-order valence-electron chi connectivity index (χ4n) is 1.48. The van der Waals surface area contributed by atoms with Crippen LogP contribution in [0.4, 0.5) is 0 Å². The summed E-state index contributed by atoms with van der Waals surface area (Å²) in [5.74, 6) is 0. The third kappa shape index (κ3) is 5.44. The summed E-state index contributed by atoms with van der Waals surface area (Å²) in [7, 11) is 1.61. The smallest absolute Gasteiger partial charge is 0.0897 e. The van der Waals surface area contributed by atoms with Crippen LogP contribution in [0.5, 0.6) is 0 Å². The second-order valence-corrected chi connectivity index (χ2v) is 3.95. The van der Waals surface area contributed by atoms with Crippen LogP contribution in [0.15, 0.2) is 0 Å². The van der Waals surface area contributed by atoms with E-state index in [2.05, 4.69) is 5.32 Å². The van der Waals surface area contributed by atoms with Crippen molar-refractivity contribution < 1.29 is 19.7 Å². The van der Waals surface area contributed by atoms with Crippen LogP contribution in [0.25, 0.3) is 0 Å². The number of rotatable bonds is 8. The zero-order valence-electron chi connectivity index (χ0n) is 9.19. The van der Waals surface area contributed by atoms with Gasteiger partial charge in [0.15, 0.2) is 0 Å². The van der Waals surface area contributed by atoms with E-state index in [4.69, 9.17) is 14.6 Å². The topological polar surface area (TPSA) is 71.0 Å². The highest BCUT2D eigenvalue weighted by molar-refractivity contribution is 4.84. The molecule has 0 aromatic carbocycles. The van der Waals surface area contributed by atoms with Crippen molar-refractivity contribution in [2.45, 2.75) is 31.1 Å². The standard InChI is InChI=1S/C10H21NO4/c1-14-2-3-15-7-10(13)6-11-8-4-9(12)5-8/h8-13H,2-7H2,1H3. The fraction of sp³-hybridized carbons (Fsp3) is 1.00. The normalized spacial score (nSPS) is 27.4. The summed E-state index contributed by atoms with van der Waals surface area (Å²) in [6.45, 7) is 1.90. The largest absolute Gasteiger partial charge is 0.393 e. The number of nitrogens with one attached hydrogen (secondary N) is 1. The van der Waals surface area contributed by atoms with Crippen LogP contribution in [0.1, 0.15) is 12.8 Å². The highest BCUT2D eigenvalue weighted by atomic mass is 16.5. The van der Waals surface area contributed by atoms with Gasteiger partial charge in [-0.25, -0.2) is 0 Å². The first-order chi connectivity index (χ1) is 7.22. The van der Waals surface area contributed by atoms with Gasteiger partial charge in [-0.05, 0) is 12.8 Å². The minimum atomic E-state index is -0.486. The maximum Gasteiger partial charge on any atom is 0.0897 e. The SMILES string of the molecule is COCCOCC(O)CNC1CC(O)C1. The number of ether oxygens (including phenoxy) is 2. The van der Waals surface area contributed by atoms with Crippen molar-refractivity contribution in [3.05, 3.63) is 0 Å². The molecule has 0 aliphatic heterocycles. The third-order valence-corrected chi connectivity index (χ3v) is 2.50. The Kier molecular flexibility index (Phi) is 6.12. The lowest BCUT2D eigenvalue weighted by Crippen LogP contribution is -2.47. The second-order valence-electron chi connectivity index (χ2n) is 3.95. The second kappa shape index (κ2) is 7.14. The lowest BCUT2D eigenvalue weighted by atomic mass is 9.89. The van der Waals surface area contributed by atoms with Crippen LogP contribution >= 0.6 is 0 Å². The van der Waals surface area contributed by atoms with Crippen LogP contribution in [-0.4, -0.2) is 61.9 Å². The Morgan fingerprint density at radius 2 is 2.13 bits per heavy atom. The maximum absolute atomic E-state index is 9.49. The van der Waals surface area contributed by atoms with E-state index in [1.807, 2.05) is 0 Å². The van der Waals surface area contributed by atoms with Gasteiger partial charge >= 0.3 is 0 Å². The van der Waals surface area contributed by atoms with Crippen molar-refractivity contribution in [1.29, 1.82) is 0 Å². The maximum atomic E-state index is 9.49. The number of hydrogen-bond donors (Lipinski definition) is 3. The number of methoxy groups -OCH3 is 1. The molecular weight excluding hydrogens is 198 g/mol. The predicted octanol–water partition coefficient (Wildman–Crippen LogP) is -0.877. The zero-order valence-corrected chi connectivity index (χ0v) is 9.19. The van der Waals surface area contributed by atoms with Gasteiger partial charge in [-0.1, -0.05) is 0 Å². The number of hydrogen-bond acceptors (Lipinski definition) is 5. The van der Waals surface area contributed by atoms with Crippen LogP contribution < -0.4 is 5.32 Å². The summed E-state index contributed by atoms with van der Waals surface area (Å²) >= 11 is 0. The highest BCUT2D eigenvalue weighted by Gasteiger charge is 2.26. The number of aliphatic hydroxyl groups is 2. The van der Waals surface area contributed by atoms with Gasteiger partial charge in [0, 0.05) is 19.7 Å². The van der Waals surface area contributed by atoms with Crippen molar-refractivity contribution in [2.24, 2.45) is 0 Å². The quantitative estimate of drug-likeness (QED) is 0.463. The molecule has 0 aromatic heterocycles. The molecular formula is C10H21NO4. The Balaban J connectivity index is 1.87. The van der Waals surface area contributed by atoms with Gasteiger partial charge in [-0.3, -0.25) is 0 Å². The van der Waals surface area contributed by atoms with Gasteiger partial charge in [-0.2, -0.15) is 0 Å². The molecule has 0 heterocycles. The van der Waals surface area contributed by atoms with Gasteiger partial charge in [0.2, 0.25) is 0 Å². The van der Waals surface area contributed by atoms with Gasteiger partial charge in [0.05, 0.1) is 32.0 Å². The van der Waals surface area contributed by atoms with E-state index in [-0.39, 0.29) is 6.10 Å². The predicted molar refractivity (Wildman–Crippen MR) is 55.7 cm³/mol. The summed E-state index contributed by atoms with van der Waals surface area (Å²) < 4.78 is 9.99. The molecule has 1 unspecified atom stereocenters. The van der Waals surface area contributed by atoms with E-state index in [0.29, 0.717) is 32.4 Å². The first kappa shape index (κ1) is 12.9. The molecule has 0 radical (unpaired) electrons. The molecule has 1 aliphatic carbocycles. The molecule has 0 saturated heterocycles.